The summed E-state index contributed by atoms with van der Waals surface area (Å²) in [5.74, 6) is 1.23. The van der Waals surface area contributed by atoms with Crippen molar-refractivity contribution < 1.29 is 9.47 Å². The van der Waals surface area contributed by atoms with Crippen molar-refractivity contribution in [1.82, 2.24) is 5.32 Å². The van der Waals surface area contributed by atoms with Gasteiger partial charge in [0.2, 0.25) is 0 Å². The average Bonchev–Trinajstić information content (AvgIpc) is 2.53. The molecule has 0 atom stereocenters. The van der Waals surface area contributed by atoms with E-state index in [0.29, 0.717) is 41.3 Å². The lowest BCUT2D eigenvalue weighted by Gasteiger charge is -2.21. The van der Waals surface area contributed by atoms with Crippen molar-refractivity contribution in [1.29, 1.82) is 0 Å². The van der Waals surface area contributed by atoms with Crippen molar-refractivity contribution in [3.8, 4) is 11.5 Å². The molecule has 136 valence electrons. The predicted molar refractivity (Wildman–Crippen MR) is 105 cm³/mol. The molecule has 0 spiro atoms. The van der Waals surface area contributed by atoms with Gasteiger partial charge in [-0.1, -0.05) is 35.3 Å². The van der Waals surface area contributed by atoms with Crippen LogP contribution in [-0.2, 0) is 13.2 Å². The molecule has 0 fully saturated rings. The first kappa shape index (κ1) is 19.9. The maximum absolute atomic E-state index is 6.46. The van der Waals surface area contributed by atoms with Crippen LogP contribution in [0, 0.1) is 0 Å². The Morgan fingerprint density at radius 1 is 0.960 bits per heavy atom. The summed E-state index contributed by atoms with van der Waals surface area (Å²) in [5.41, 5.74) is 2.10. The second-order valence-electron chi connectivity index (χ2n) is 6.86. The van der Waals surface area contributed by atoms with Gasteiger partial charge < -0.3 is 14.8 Å². The van der Waals surface area contributed by atoms with E-state index in [1.165, 1.54) is 0 Å². The number of halogens is 2. The summed E-state index contributed by atoms with van der Waals surface area (Å²) in [6.45, 7) is 9.98. The van der Waals surface area contributed by atoms with E-state index in [0.717, 1.165) is 11.1 Å². The van der Waals surface area contributed by atoms with Gasteiger partial charge in [0, 0.05) is 17.1 Å². The highest BCUT2D eigenvalue weighted by Crippen LogP contribution is 2.37. The van der Waals surface area contributed by atoms with E-state index >= 15 is 0 Å². The summed E-state index contributed by atoms with van der Waals surface area (Å²) in [5, 5.41) is 4.70. The molecule has 0 aliphatic carbocycles. The number of ether oxygens (including phenoxy) is 2. The number of rotatable bonds is 7. The second-order valence-corrected chi connectivity index (χ2v) is 7.70. The standard InChI is InChI=1S/C20H25Cl2NO2/c1-5-24-18-11-15(12-23-20(2,3)4)10-17(22)19(18)25-13-14-6-8-16(21)9-7-14/h6-11,23H,5,12-13H2,1-4H3. The number of hydrogen-bond acceptors (Lipinski definition) is 3. The zero-order valence-corrected chi connectivity index (χ0v) is 16.7. The van der Waals surface area contributed by atoms with Crippen LogP contribution >= 0.6 is 23.2 Å². The fourth-order valence-electron chi connectivity index (χ4n) is 2.23. The third-order valence-electron chi connectivity index (χ3n) is 3.49. The summed E-state index contributed by atoms with van der Waals surface area (Å²) in [4.78, 5) is 0. The molecular weight excluding hydrogens is 357 g/mol. The second kappa shape index (κ2) is 8.79. The SMILES string of the molecule is CCOc1cc(CNC(C)(C)C)cc(Cl)c1OCc1ccc(Cl)cc1. The number of hydrogen-bond donors (Lipinski definition) is 1. The summed E-state index contributed by atoms with van der Waals surface area (Å²) >= 11 is 12.4. The Balaban J connectivity index is 2.16. The highest BCUT2D eigenvalue weighted by Gasteiger charge is 2.15. The summed E-state index contributed by atoms with van der Waals surface area (Å²) in [6, 6.07) is 11.4. The van der Waals surface area contributed by atoms with Gasteiger partial charge in [-0.3, -0.25) is 0 Å². The van der Waals surface area contributed by atoms with Crippen molar-refractivity contribution in [2.75, 3.05) is 6.61 Å². The molecule has 2 aromatic rings. The molecule has 0 aliphatic rings. The molecule has 0 bridgehead atoms. The summed E-state index contributed by atoms with van der Waals surface area (Å²) in [7, 11) is 0. The van der Waals surface area contributed by atoms with Crippen molar-refractivity contribution in [2.24, 2.45) is 0 Å². The normalized spacial score (nSPS) is 11.4. The van der Waals surface area contributed by atoms with E-state index < -0.39 is 0 Å². The van der Waals surface area contributed by atoms with E-state index in [9.17, 15) is 0 Å². The fraction of sp³-hybridized carbons (Fsp3) is 0.400. The number of benzene rings is 2. The van der Waals surface area contributed by atoms with E-state index in [-0.39, 0.29) is 5.54 Å². The summed E-state index contributed by atoms with van der Waals surface area (Å²) in [6.07, 6.45) is 0. The van der Waals surface area contributed by atoms with Gasteiger partial charge in [-0.05, 0) is 63.1 Å². The van der Waals surface area contributed by atoms with E-state index in [1.807, 2.05) is 43.3 Å². The van der Waals surface area contributed by atoms with Gasteiger partial charge in [-0.25, -0.2) is 0 Å². The van der Waals surface area contributed by atoms with Crippen LogP contribution in [-0.4, -0.2) is 12.1 Å². The van der Waals surface area contributed by atoms with Crippen LogP contribution in [0.4, 0.5) is 0 Å². The van der Waals surface area contributed by atoms with Crippen molar-refractivity contribution in [3.05, 3.63) is 57.6 Å². The first-order chi connectivity index (χ1) is 11.8. The monoisotopic (exact) mass is 381 g/mol. The lowest BCUT2D eigenvalue weighted by Crippen LogP contribution is -2.35. The molecule has 0 saturated heterocycles. The minimum absolute atomic E-state index is 0.0298. The Bertz CT molecular complexity index is 694. The van der Waals surface area contributed by atoms with Crippen LogP contribution in [0.1, 0.15) is 38.8 Å². The first-order valence-electron chi connectivity index (χ1n) is 8.36. The molecule has 0 aliphatic heterocycles. The Hall–Kier alpha value is -1.42. The number of nitrogens with one attached hydrogen (secondary N) is 1. The average molecular weight is 382 g/mol. The molecule has 1 N–H and O–H groups in total. The van der Waals surface area contributed by atoms with Crippen LogP contribution in [0.25, 0.3) is 0 Å². The molecule has 2 rings (SSSR count). The third kappa shape index (κ3) is 6.43. The Kier molecular flexibility index (Phi) is 7.00. The topological polar surface area (TPSA) is 30.5 Å². The Morgan fingerprint density at radius 2 is 1.64 bits per heavy atom. The summed E-state index contributed by atoms with van der Waals surface area (Å²) < 4.78 is 11.7. The molecule has 0 amide bonds. The molecule has 2 aromatic carbocycles. The van der Waals surface area contributed by atoms with E-state index in [4.69, 9.17) is 32.7 Å². The van der Waals surface area contributed by atoms with Crippen LogP contribution in [0.3, 0.4) is 0 Å². The predicted octanol–water partition coefficient (Wildman–Crippen LogP) is 5.86. The Morgan fingerprint density at radius 3 is 2.24 bits per heavy atom. The van der Waals surface area contributed by atoms with E-state index in [2.05, 4.69) is 26.1 Å². The maximum atomic E-state index is 6.46. The van der Waals surface area contributed by atoms with Crippen LogP contribution < -0.4 is 14.8 Å². The molecule has 0 unspecified atom stereocenters. The molecule has 0 radical (unpaired) electrons. The molecule has 25 heavy (non-hydrogen) atoms. The molecule has 3 nitrogen and oxygen atoms in total. The molecule has 0 aromatic heterocycles. The zero-order valence-electron chi connectivity index (χ0n) is 15.2. The highest BCUT2D eigenvalue weighted by atomic mass is 35.5. The smallest absolute Gasteiger partial charge is 0.180 e. The highest BCUT2D eigenvalue weighted by molar-refractivity contribution is 6.32. The van der Waals surface area contributed by atoms with Gasteiger partial charge in [-0.15, -0.1) is 0 Å². The lowest BCUT2D eigenvalue weighted by atomic mass is 10.1. The van der Waals surface area contributed by atoms with Gasteiger partial charge in [0.25, 0.3) is 0 Å². The van der Waals surface area contributed by atoms with Gasteiger partial charge in [0.15, 0.2) is 11.5 Å². The van der Waals surface area contributed by atoms with Gasteiger partial charge >= 0.3 is 0 Å². The largest absolute Gasteiger partial charge is 0.490 e. The van der Waals surface area contributed by atoms with Gasteiger partial charge in [0.1, 0.15) is 6.61 Å². The molecular formula is C20H25Cl2NO2. The van der Waals surface area contributed by atoms with Crippen LogP contribution in [0.15, 0.2) is 36.4 Å². The van der Waals surface area contributed by atoms with Crippen LogP contribution in [0.2, 0.25) is 10.0 Å². The fourth-order valence-corrected chi connectivity index (χ4v) is 2.64. The lowest BCUT2D eigenvalue weighted by molar-refractivity contribution is 0.269. The maximum Gasteiger partial charge on any atom is 0.180 e. The Labute approximate surface area is 160 Å². The van der Waals surface area contributed by atoms with Crippen molar-refractivity contribution in [3.63, 3.8) is 0 Å². The molecule has 0 heterocycles. The third-order valence-corrected chi connectivity index (χ3v) is 4.02. The van der Waals surface area contributed by atoms with Gasteiger partial charge in [0.05, 0.1) is 11.6 Å². The minimum Gasteiger partial charge on any atom is -0.490 e. The quantitative estimate of drug-likeness (QED) is 0.651. The van der Waals surface area contributed by atoms with Crippen molar-refractivity contribution in [2.45, 2.75) is 46.4 Å². The van der Waals surface area contributed by atoms with Gasteiger partial charge in [-0.2, -0.15) is 0 Å². The minimum atomic E-state index is 0.0298. The van der Waals surface area contributed by atoms with Crippen LogP contribution in [0.5, 0.6) is 11.5 Å². The first-order valence-corrected chi connectivity index (χ1v) is 9.11. The molecule has 0 saturated carbocycles. The molecule has 5 heteroatoms. The van der Waals surface area contributed by atoms with Crippen molar-refractivity contribution >= 4 is 23.2 Å². The van der Waals surface area contributed by atoms with E-state index in [1.54, 1.807) is 0 Å². The zero-order chi connectivity index (χ0) is 18.4.